The Morgan fingerprint density at radius 3 is 2.82 bits per heavy atom. The molecule has 0 aliphatic carbocycles. The number of hydrogen-bond donors (Lipinski definition) is 2. The minimum absolute atomic E-state index is 0.193. The monoisotopic (exact) mass is 317 g/mol. The maximum Gasteiger partial charge on any atom is 0.232 e. The van der Waals surface area contributed by atoms with Gasteiger partial charge in [-0.25, -0.2) is 0 Å². The normalized spacial score (nSPS) is 10.3. The van der Waals surface area contributed by atoms with Gasteiger partial charge in [0.25, 0.3) is 0 Å². The van der Waals surface area contributed by atoms with Gasteiger partial charge in [-0.3, -0.25) is 0 Å². The van der Waals surface area contributed by atoms with E-state index in [4.69, 9.17) is 10.5 Å². The number of benzene rings is 1. The lowest BCUT2D eigenvalue weighted by atomic mass is 10.3. The van der Waals surface area contributed by atoms with Gasteiger partial charge in [0, 0.05) is 5.75 Å². The van der Waals surface area contributed by atoms with E-state index < -0.39 is 0 Å². The molecule has 0 saturated heterocycles. The molecule has 116 valence electrons. The van der Waals surface area contributed by atoms with Crippen molar-refractivity contribution < 1.29 is 4.74 Å². The number of rotatable bonds is 7. The van der Waals surface area contributed by atoms with Crippen LogP contribution in [0.1, 0.15) is 12.7 Å². The molecule has 0 radical (unpaired) electrons. The summed E-state index contributed by atoms with van der Waals surface area (Å²) in [5, 5.41) is 3.11. The number of aromatic nitrogens is 3. The number of hydrogen-bond acceptors (Lipinski definition) is 7. The summed E-state index contributed by atoms with van der Waals surface area (Å²) in [6.07, 6.45) is 0. The first-order valence-corrected chi connectivity index (χ1v) is 7.86. The Morgan fingerprint density at radius 2 is 2.09 bits per heavy atom. The Bertz CT molecular complexity index is 662. The van der Waals surface area contributed by atoms with Crippen LogP contribution in [0.25, 0.3) is 0 Å². The molecule has 3 N–H and O–H groups in total. The fourth-order valence-electron chi connectivity index (χ4n) is 1.74. The summed E-state index contributed by atoms with van der Waals surface area (Å²) < 4.78 is 5.29. The maximum absolute atomic E-state index is 5.75. The summed E-state index contributed by atoms with van der Waals surface area (Å²) in [6, 6.07) is 7.54. The van der Waals surface area contributed by atoms with Crippen LogP contribution in [0.15, 0.2) is 36.4 Å². The number of nitrogen functional groups attached to an aromatic ring is 1. The molecule has 0 unspecified atom stereocenters. The maximum atomic E-state index is 5.75. The Kier molecular flexibility index (Phi) is 5.60. The van der Waals surface area contributed by atoms with Gasteiger partial charge in [-0.15, -0.1) is 11.8 Å². The highest BCUT2D eigenvalue weighted by Gasteiger charge is 2.08. The molecule has 1 aromatic carbocycles. The molecular formula is C15H19N5OS. The van der Waals surface area contributed by atoms with E-state index in [-0.39, 0.29) is 5.95 Å². The Labute approximate surface area is 134 Å². The zero-order valence-electron chi connectivity index (χ0n) is 12.7. The third kappa shape index (κ3) is 4.63. The highest BCUT2D eigenvalue weighted by Crippen LogP contribution is 2.25. The second-order valence-corrected chi connectivity index (χ2v) is 5.69. The molecule has 0 aliphatic rings. The van der Waals surface area contributed by atoms with E-state index in [9.17, 15) is 0 Å². The first kappa shape index (κ1) is 16.1. The van der Waals surface area contributed by atoms with Gasteiger partial charge in [-0.05, 0) is 19.1 Å². The van der Waals surface area contributed by atoms with Crippen molar-refractivity contribution in [3.05, 3.63) is 42.2 Å². The van der Waals surface area contributed by atoms with E-state index in [1.165, 1.54) is 0 Å². The SMILES string of the molecule is C=C(C)CSCc1nc(N)nc(Nc2ccccc2OC)n1. The molecule has 7 heteroatoms. The summed E-state index contributed by atoms with van der Waals surface area (Å²) >= 11 is 1.69. The van der Waals surface area contributed by atoms with Crippen LogP contribution in [0, 0.1) is 0 Å². The Balaban J connectivity index is 2.13. The molecular weight excluding hydrogens is 298 g/mol. The second kappa shape index (κ2) is 7.65. The summed E-state index contributed by atoms with van der Waals surface area (Å²) in [5.74, 6) is 3.46. The van der Waals surface area contributed by atoms with Crippen molar-refractivity contribution in [2.75, 3.05) is 23.9 Å². The van der Waals surface area contributed by atoms with Gasteiger partial charge in [0.05, 0.1) is 18.6 Å². The summed E-state index contributed by atoms with van der Waals surface area (Å²) in [4.78, 5) is 12.6. The molecule has 1 aromatic heterocycles. The van der Waals surface area contributed by atoms with Crippen LogP contribution in [0.4, 0.5) is 17.6 Å². The topological polar surface area (TPSA) is 86.0 Å². The first-order valence-electron chi connectivity index (χ1n) is 6.71. The zero-order valence-corrected chi connectivity index (χ0v) is 13.5. The molecule has 6 nitrogen and oxygen atoms in total. The van der Waals surface area contributed by atoms with E-state index in [0.717, 1.165) is 17.0 Å². The lowest BCUT2D eigenvalue weighted by molar-refractivity contribution is 0.417. The molecule has 2 rings (SSSR count). The number of methoxy groups -OCH3 is 1. The molecule has 0 saturated carbocycles. The molecule has 22 heavy (non-hydrogen) atoms. The van der Waals surface area contributed by atoms with Gasteiger partial charge in [-0.1, -0.05) is 24.3 Å². The van der Waals surface area contributed by atoms with Crippen LogP contribution >= 0.6 is 11.8 Å². The minimum Gasteiger partial charge on any atom is -0.495 e. The van der Waals surface area contributed by atoms with Crippen molar-refractivity contribution in [2.24, 2.45) is 0 Å². The molecule has 0 bridgehead atoms. The quantitative estimate of drug-likeness (QED) is 0.759. The van der Waals surface area contributed by atoms with Gasteiger partial charge in [-0.2, -0.15) is 15.0 Å². The van der Waals surface area contributed by atoms with Crippen molar-refractivity contribution in [3.63, 3.8) is 0 Å². The number of nitrogens with two attached hydrogens (primary N) is 1. The van der Waals surface area contributed by atoms with E-state index in [0.29, 0.717) is 23.3 Å². The average Bonchev–Trinajstić information content (AvgIpc) is 2.47. The molecule has 0 spiro atoms. The van der Waals surface area contributed by atoms with Crippen LogP contribution in [0.2, 0.25) is 0 Å². The summed E-state index contributed by atoms with van der Waals surface area (Å²) in [7, 11) is 1.61. The number of anilines is 3. The smallest absolute Gasteiger partial charge is 0.232 e. The molecule has 0 atom stereocenters. The lowest BCUT2D eigenvalue weighted by Crippen LogP contribution is -2.07. The number of thioether (sulfide) groups is 1. The molecule has 1 heterocycles. The van der Waals surface area contributed by atoms with E-state index in [1.807, 2.05) is 31.2 Å². The van der Waals surface area contributed by atoms with E-state index in [2.05, 4.69) is 26.8 Å². The third-order valence-corrected chi connectivity index (χ3v) is 3.79. The lowest BCUT2D eigenvalue weighted by Gasteiger charge is -2.10. The molecule has 0 fully saturated rings. The van der Waals surface area contributed by atoms with Gasteiger partial charge in [0.1, 0.15) is 11.6 Å². The van der Waals surface area contributed by atoms with Crippen LogP contribution in [0.5, 0.6) is 5.75 Å². The van der Waals surface area contributed by atoms with Gasteiger partial charge in [0.2, 0.25) is 11.9 Å². The third-order valence-electron chi connectivity index (χ3n) is 2.63. The number of para-hydroxylation sites is 2. The van der Waals surface area contributed by atoms with Crippen molar-refractivity contribution in [1.29, 1.82) is 0 Å². The fraction of sp³-hybridized carbons (Fsp3) is 0.267. The highest BCUT2D eigenvalue weighted by atomic mass is 32.2. The fourth-order valence-corrected chi connectivity index (χ4v) is 2.51. The van der Waals surface area contributed by atoms with Crippen molar-refractivity contribution in [3.8, 4) is 5.75 Å². The van der Waals surface area contributed by atoms with Crippen LogP contribution in [-0.4, -0.2) is 27.8 Å². The Hall–Kier alpha value is -2.28. The standard InChI is InChI=1S/C15H19N5OS/c1-10(2)8-22-9-13-18-14(16)20-15(19-13)17-11-6-4-5-7-12(11)21-3/h4-7H,1,8-9H2,2-3H3,(H3,16,17,18,19,20). The highest BCUT2D eigenvalue weighted by molar-refractivity contribution is 7.98. The van der Waals surface area contributed by atoms with Crippen LogP contribution < -0.4 is 15.8 Å². The summed E-state index contributed by atoms with van der Waals surface area (Å²) in [5.41, 5.74) is 7.64. The Morgan fingerprint density at radius 1 is 1.32 bits per heavy atom. The van der Waals surface area contributed by atoms with Gasteiger partial charge in [0.15, 0.2) is 0 Å². The second-order valence-electron chi connectivity index (χ2n) is 4.71. The summed E-state index contributed by atoms with van der Waals surface area (Å²) in [6.45, 7) is 5.86. The van der Waals surface area contributed by atoms with E-state index >= 15 is 0 Å². The van der Waals surface area contributed by atoms with Gasteiger partial charge < -0.3 is 15.8 Å². The average molecular weight is 317 g/mol. The number of ether oxygens (including phenoxy) is 1. The van der Waals surface area contributed by atoms with Crippen molar-refractivity contribution in [1.82, 2.24) is 15.0 Å². The van der Waals surface area contributed by atoms with Crippen molar-refractivity contribution >= 4 is 29.3 Å². The van der Waals surface area contributed by atoms with Gasteiger partial charge >= 0.3 is 0 Å². The predicted octanol–water partition coefficient (Wildman–Crippen LogP) is 3.02. The molecule has 0 amide bonds. The van der Waals surface area contributed by atoms with E-state index in [1.54, 1.807) is 18.9 Å². The van der Waals surface area contributed by atoms with Crippen LogP contribution in [0.3, 0.4) is 0 Å². The zero-order chi connectivity index (χ0) is 15.9. The number of nitrogens with one attached hydrogen (secondary N) is 1. The van der Waals surface area contributed by atoms with Crippen molar-refractivity contribution in [2.45, 2.75) is 12.7 Å². The van der Waals surface area contributed by atoms with Crippen LogP contribution in [-0.2, 0) is 5.75 Å². The first-order chi connectivity index (χ1) is 10.6. The largest absolute Gasteiger partial charge is 0.495 e. The molecule has 0 aliphatic heterocycles. The predicted molar refractivity (Wildman–Crippen MR) is 91.5 cm³/mol. The minimum atomic E-state index is 0.193. The number of nitrogens with zero attached hydrogens (tertiary/aromatic N) is 3. The molecule has 2 aromatic rings.